The summed E-state index contributed by atoms with van der Waals surface area (Å²) in [7, 11) is -3.68. The van der Waals surface area contributed by atoms with Gasteiger partial charge in [-0.15, -0.1) is 0 Å². The molecule has 1 aromatic carbocycles. The third-order valence-electron chi connectivity index (χ3n) is 2.54. The summed E-state index contributed by atoms with van der Waals surface area (Å²) in [5, 5.41) is 3.28. The van der Waals surface area contributed by atoms with Crippen molar-refractivity contribution in [3.63, 3.8) is 0 Å². The highest BCUT2D eigenvalue weighted by molar-refractivity contribution is 6.52. The standard InChI is InChI=1S/C15H27NO7Si/c1-4-17-21-24(22-18-5-2,23-19-6-3)20-14-10-13-16-15-11-8-7-9-12-15/h7-9,11-12,16H,4-6,10,13-14H2,1-3H3. The van der Waals surface area contributed by atoms with Crippen LogP contribution in [0.4, 0.5) is 5.69 Å². The third kappa shape index (κ3) is 8.71. The SMILES string of the molecule is CCOO[Si](OCCCNc1ccccc1)(OOCC)OOCC. The van der Waals surface area contributed by atoms with E-state index in [1.54, 1.807) is 20.8 Å². The highest BCUT2D eigenvalue weighted by atomic mass is 28.4. The second-order valence-corrected chi connectivity index (χ2v) is 6.25. The highest BCUT2D eigenvalue weighted by Crippen LogP contribution is 2.14. The van der Waals surface area contributed by atoms with Crippen molar-refractivity contribution < 1.29 is 32.8 Å². The van der Waals surface area contributed by atoms with Crippen LogP contribution in [-0.2, 0) is 32.8 Å². The Morgan fingerprint density at radius 1 is 0.833 bits per heavy atom. The van der Waals surface area contributed by atoms with Gasteiger partial charge in [-0.1, -0.05) is 18.2 Å². The lowest BCUT2D eigenvalue weighted by Gasteiger charge is -2.23. The summed E-state index contributed by atoms with van der Waals surface area (Å²) < 4.78 is 21.1. The molecule has 9 heteroatoms. The molecule has 138 valence electrons. The van der Waals surface area contributed by atoms with Crippen molar-refractivity contribution in [1.82, 2.24) is 0 Å². The summed E-state index contributed by atoms with van der Waals surface area (Å²) in [4.78, 5) is 14.8. The molecular formula is C15H27NO7Si. The largest absolute Gasteiger partial charge is 0.764 e. The van der Waals surface area contributed by atoms with E-state index in [4.69, 9.17) is 32.8 Å². The van der Waals surface area contributed by atoms with Gasteiger partial charge < -0.3 is 9.74 Å². The summed E-state index contributed by atoms with van der Waals surface area (Å²) >= 11 is 0. The summed E-state index contributed by atoms with van der Waals surface area (Å²) in [5.41, 5.74) is 1.04. The third-order valence-corrected chi connectivity index (χ3v) is 4.06. The van der Waals surface area contributed by atoms with Gasteiger partial charge in [0, 0.05) is 18.8 Å². The first-order valence-corrected chi connectivity index (χ1v) is 9.74. The fraction of sp³-hybridized carbons (Fsp3) is 0.600. The number of rotatable bonds is 15. The zero-order valence-electron chi connectivity index (χ0n) is 14.5. The normalized spacial score (nSPS) is 11.6. The van der Waals surface area contributed by atoms with Gasteiger partial charge >= 0.3 is 9.05 Å². The first kappa shape index (κ1) is 21.0. The Hall–Kier alpha value is -1.04. The Morgan fingerprint density at radius 2 is 1.38 bits per heavy atom. The first-order valence-electron chi connectivity index (χ1n) is 8.11. The maximum absolute atomic E-state index is 5.63. The molecule has 0 spiro atoms. The topological polar surface area (TPSA) is 76.6 Å². The van der Waals surface area contributed by atoms with Crippen molar-refractivity contribution in [2.75, 3.05) is 38.3 Å². The number of hydrogen-bond donors (Lipinski definition) is 1. The molecule has 0 heterocycles. The highest BCUT2D eigenvalue weighted by Gasteiger charge is 2.52. The molecule has 1 N–H and O–H groups in total. The van der Waals surface area contributed by atoms with E-state index < -0.39 is 9.05 Å². The van der Waals surface area contributed by atoms with Crippen molar-refractivity contribution in [3.05, 3.63) is 30.3 Å². The Morgan fingerprint density at radius 3 is 1.88 bits per heavy atom. The molecule has 0 aliphatic rings. The predicted molar refractivity (Wildman–Crippen MR) is 89.4 cm³/mol. The van der Waals surface area contributed by atoms with Crippen molar-refractivity contribution in [2.24, 2.45) is 0 Å². The summed E-state index contributed by atoms with van der Waals surface area (Å²) in [6, 6.07) is 9.90. The van der Waals surface area contributed by atoms with Crippen LogP contribution in [0.15, 0.2) is 30.3 Å². The molecule has 0 amide bonds. The van der Waals surface area contributed by atoms with Gasteiger partial charge in [0.1, 0.15) is 0 Å². The number of para-hydroxylation sites is 1. The van der Waals surface area contributed by atoms with Gasteiger partial charge in [0.15, 0.2) is 0 Å². The maximum atomic E-state index is 5.63. The van der Waals surface area contributed by atoms with Crippen LogP contribution in [0.2, 0.25) is 0 Å². The fourth-order valence-electron chi connectivity index (χ4n) is 1.57. The smallest absolute Gasteiger partial charge is 0.385 e. The lowest BCUT2D eigenvalue weighted by molar-refractivity contribution is -0.385. The van der Waals surface area contributed by atoms with Crippen LogP contribution in [0, 0.1) is 0 Å². The summed E-state index contributed by atoms with van der Waals surface area (Å²) in [5.74, 6) is 0. The first-order chi connectivity index (χ1) is 11.8. The Balaban J connectivity index is 2.42. The molecule has 24 heavy (non-hydrogen) atoms. The van der Waals surface area contributed by atoms with E-state index in [0.29, 0.717) is 39.4 Å². The van der Waals surface area contributed by atoms with E-state index in [2.05, 4.69) is 5.32 Å². The van der Waals surface area contributed by atoms with E-state index in [9.17, 15) is 0 Å². The van der Waals surface area contributed by atoms with Crippen LogP contribution in [0.1, 0.15) is 27.2 Å². The summed E-state index contributed by atoms with van der Waals surface area (Å²) in [6.07, 6.45) is 0.699. The summed E-state index contributed by atoms with van der Waals surface area (Å²) in [6.45, 7) is 7.25. The van der Waals surface area contributed by atoms with Crippen molar-refractivity contribution in [3.8, 4) is 0 Å². The van der Waals surface area contributed by atoms with E-state index in [1.807, 2.05) is 30.3 Å². The average Bonchev–Trinajstić information content (AvgIpc) is 2.63. The van der Waals surface area contributed by atoms with Crippen LogP contribution < -0.4 is 5.32 Å². The van der Waals surface area contributed by atoms with Gasteiger partial charge in [0.2, 0.25) is 0 Å². The lowest BCUT2D eigenvalue weighted by Crippen LogP contribution is -2.49. The second kappa shape index (κ2) is 13.3. The van der Waals surface area contributed by atoms with Crippen molar-refractivity contribution in [1.29, 1.82) is 0 Å². The molecule has 0 radical (unpaired) electrons. The number of nitrogens with one attached hydrogen (secondary N) is 1. The number of benzene rings is 1. The Kier molecular flexibility index (Phi) is 11.6. The fourth-order valence-corrected chi connectivity index (χ4v) is 2.97. The van der Waals surface area contributed by atoms with Crippen LogP contribution in [0.3, 0.4) is 0 Å². The van der Waals surface area contributed by atoms with Gasteiger partial charge in [-0.3, -0.25) is 0 Å². The molecule has 1 rings (SSSR count). The van der Waals surface area contributed by atoms with Crippen LogP contribution >= 0.6 is 0 Å². The maximum Gasteiger partial charge on any atom is 0.764 e. The van der Waals surface area contributed by atoms with Crippen molar-refractivity contribution >= 4 is 14.7 Å². The lowest BCUT2D eigenvalue weighted by atomic mass is 10.3. The number of anilines is 1. The molecule has 0 aliphatic heterocycles. The van der Waals surface area contributed by atoms with Crippen molar-refractivity contribution in [2.45, 2.75) is 27.2 Å². The van der Waals surface area contributed by atoms with Crippen LogP contribution in [0.25, 0.3) is 0 Å². The molecule has 0 saturated heterocycles. The molecule has 8 nitrogen and oxygen atoms in total. The van der Waals surface area contributed by atoms with Crippen LogP contribution in [-0.4, -0.2) is 42.0 Å². The minimum atomic E-state index is -3.68. The molecule has 0 fully saturated rings. The van der Waals surface area contributed by atoms with E-state index in [0.717, 1.165) is 5.69 Å². The molecule has 0 saturated carbocycles. The van der Waals surface area contributed by atoms with E-state index in [1.165, 1.54) is 0 Å². The quantitative estimate of drug-likeness (QED) is 0.221. The second-order valence-electron chi connectivity index (χ2n) is 4.46. The van der Waals surface area contributed by atoms with Gasteiger partial charge in [-0.2, -0.15) is 13.7 Å². The van der Waals surface area contributed by atoms with Crippen LogP contribution in [0.5, 0.6) is 0 Å². The van der Waals surface area contributed by atoms with Gasteiger partial charge in [0.25, 0.3) is 0 Å². The van der Waals surface area contributed by atoms with E-state index >= 15 is 0 Å². The zero-order chi connectivity index (χ0) is 17.5. The average molecular weight is 361 g/mol. The minimum absolute atomic E-state index is 0.304. The molecule has 0 atom stereocenters. The molecular weight excluding hydrogens is 334 g/mol. The number of hydrogen-bond acceptors (Lipinski definition) is 8. The Bertz CT molecular complexity index is 388. The molecule has 0 unspecified atom stereocenters. The monoisotopic (exact) mass is 361 g/mol. The van der Waals surface area contributed by atoms with E-state index in [-0.39, 0.29) is 0 Å². The molecule has 1 aromatic rings. The Labute approximate surface area is 144 Å². The minimum Gasteiger partial charge on any atom is -0.385 e. The van der Waals surface area contributed by atoms with Gasteiger partial charge in [-0.05, 0) is 39.3 Å². The molecule has 0 aromatic heterocycles. The zero-order valence-corrected chi connectivity index (χ0v) is 15.5. The van der Waals surface area contributed by atoms with Gasteiger partial charge in [0.05, 0.1) is 19.8 Å². The molecule has 0 aliphatic carbocycles. The predicted octanol–water partition coefficient (Wildman–Crippen LogP) is 2.85. The van der Waals surface area contributed by atoms with Gasteiger partial charge in [-0.25, -0.2) is 14.7 Å². The molecule has 0 bridgehead atoms.